The molecule has 1 aliphatic carbocycles. The molecule has 88 valence electrons. The average molecular weight is 231 g/mol. The molecule has 0 aromatic heterocycles. The summed E-state index contributed by atoms with van der Waals surface area (Å²) >= 11 is 2.05. The van der Waals surface area contributed by atoms with Gasteiger partial charge in [-0.3, -0.25) is 0 Å². The molecule has 1 N–H and O–H groups in total. The van der Waals surface area contributed by atoms with Gasteiger partial charge in [0.05, 0.1) is 5.37 Å². The number of alkyl halides is 1. The van der Waals surface area contributed by atoms with Gasteiger partial charge in [-0.25, -0.2) is 4.39 Å². The molecule has 0 spiro atoms. The van der Waals surface area contributed by atoms with Crippen molar-refractivity contribution in [3.8, 4) is 0 Å². The van der Waals surface area contributed by atoms with Crippen LogP contribution in [0, 0.1) is 5.41 Å². The van der Waals surface area contributed by atoms with Crippen molar-refractivity contribution in [1.82, 2.24) is 5.32 Å². The van der Waals surface area contributed by atoms with E-state index >= 15 is 0 Å². The number of thioether (sulfide) groups is 1. The first-order valence-corrected chi connectivity index (χ1v) is 6.94. The number of hydrogen-bond acceptors (Lipinski definition) is 2. The zero-order valence-corrected chi connectivity index (χ0v) is 10.7. The molecular weight excluding hydrogens is 209 g/mol. The summed E-state index contributed by atoms with van der Waals surface area (Å²) in [6, 6.07) is 0.436. The average Bonchev–Trinajstić information content (AvgIpc) is 2.42. The van der Waals surface area contributed by atoms with Crippen molar-refractivity contribution in [1.29, 1.82) is 0 Å². The first kappa shape index (κ1) is 11.7. The van der Waals surface area contributed by atoms with Crippen LogP contribution in [0.5, 0.6) is 0 Å². The number of halogens is 1. The van der Waals surface area contributed by atoms with Crippen molar-refractivity contribution in [2.24, 2.45) is 5.41 Å². The summed E-state index contributed by atoms with van der Waals surface area (Å²) in [6.07, 6.45) is 3.19. The molecule has 1 saturated carbocycles. The third-order valence-corrected chi connectivity index (χ3v) is 4.80. The van der Waals surface area contributed by atoms with Crippen LogP contribution in [0.2, 0.25) is 0 Å². The first-order valence-electron chi connectivity index (χ1n) is 6.00. The van der Waals surface area contributed by atoms with Crippen LogP contribution >= 0.6 is 11.8 Å². The Labute approximate surface area is 96.6 Å². The number of rotatable bonds is 1. The molecule has 0 aromatic rings. The van der Waals surface area contributed by atoms with Gasteiger partial charge in [-0.05, 0) is 31.1 Å². The SMILES string of the molecule is CC(C)(C)CC1NC2CC(F)CCC2S1. The van der Waals surface area contributed by atoms with E-state index in [1.165, 1.54) is 6.42 Å². The van der Waals surface area contributed by atoms with Gasteiger partial charge in [0.1, 0.15) is 6.17 Å². The summed E-state index contributed by atoms with van der Waals surface area (Å²) in [7, 11) is 0. The standard InChI is InChI=1S/C12H22FNS/c1-12(2,3)7-11-14-9-6-8(13)4-5-10(9)15-11/h8-11,14H,4-7H2,1-3H3. The normalized spacial score (nSPS) is 41.6. The van der Waals surface area contributed by atoms with E-state index in [9.17, 15) is 4.39 Å². The Morgan fingerprint density at radius 1 is 1.33 bits per heavy atom. The molecule has 0 bridgehead atoms. The predicted octanol–water partition coefficient (Wildman–Crippen LogP) is 3.34. The predicted molar refractivity (Wildman–Crippen MR) is 64.9 cm³/mol. The highest BCUT2D eigenvalue weighted by Crippen LogP contribution is 2.41. The van der Waals surface area contributed by atoms with Crippen molar-refractivity contribution in [2.45, 2.75) is 69.3 Å². The fourth-order valence-electron chi connectivity index (χ4n) is 2.58. The van der Waals surface area contributed by atoms with Crippen LogP contribution in [0.1, 0.15) is 46.5 Å². The van der Waals surface area contributed by atoms with Crippen LogP contribution < -0.4 is 5.32 Å². The van der Waals surface area contributed by atoms with Gasteiger partial charge in [-0.15, -0.1) is 11.8 Å². The van der Waals surface area contributed by atoms with E-state index in [1.54, 1.807) is 0 Å². The first-order chi connectivity index (χ1) is 6.94. The Morgan fingerprint density at radius 2 is 2.07 bits per heavy atom. The van der Waals surface area contributed by atoms with E-state index in [2.05, 4.69) is 26.1 Å². The molecule has 4 unspecified atom stereocenters. The molecule has 2 rings (SSSR count). The second-order valence-corrected chi connectivity index (χ2v) is 7.56. The van der Waals surface area contributed by atoms with E-state index in [-0.39, 0.29) is 0 Å². The van der Waals surface area contributed by atoms with Crippen LogP contribution in [0.4, 0.5) is 4.39 Å². The summed E-state index contributed by atoms with van der Waals surface area (Å²) < 4.78 is 13.2. The maximum atomic E-state index is 13.2. The van der Waals surface area contributed by atoms with Crippen LogP contribution in [0.15, 0.2) is 0 Å². The molecule has 1 nitrogen and oxygen atoms in total. The highest BCUT2D eigenvalue weighted by Gasteiger charge is 2.39. The van der Waals surface area contributed by atoms with Crippen molar-refractivity contribution in [2.75, 3.05) is 0 Å². The largest absolute Gasteiger partial charge is 0.301 e. The fraction of sp³-hybridized carbons (Fsp3) is 1.00. The van der Waals surface area contributed by atoms with Crippen LogP contribution in [-0.4, -0.2) is 22.8 Å². The Morgan fingerprint density at radius 3 is 2.73 bits per heavy atom. The van der Waals surface area contributed by atoms with E-state index < -0.39 is 6.17 Å². The Balaban J connectivity index is 1.88. The van der Waals surface area contributed by atoms with Gasteiger partial charge in [0.2, 0.25) is 0 Å². The molecule has 1 saturated heterocycles. The fourth-order valence-corrected chi connectivity index (χ4v) is 4.51. The molecule has 0 aromatic carbocycles. The number of fused-ring (bicyclic) bond motifs is 1. The summed E-state index contributed by atoms with van der Waals surface area (Å²) in [6.45, 7) is 6.82. The van der Waals surface area contributed by atoms with E-state index in [0.29, 0.717) is 22.1 Å². The molecule has 0 amide bonds. The lowest BCUT2D eigenvalue weighted by Gasteiger charge is -2.26. The summed E-state index contributed by atoms with van der Waals surface area (Å²) in [4.78, 5) is 0. The van der Waals surface area contributed by atoms with E-state index in [0.717, 1.165) is 19.3 Å². The van der Waals surface area contributed by atoms with Gasteiger partial charge >= 0.3 is 0 Å². The third-order valence-electron chi connectivity index (χ3n) is 3.26. The lowest BCUT2D eigenvalue weighted by atomic mass is 9.91. The smallest absolute Gasteiger partial charge is 0.102 e. The highest BCUT2D eigenvalue weighted by molar-refractivity contribution is 8.00. The molecule has 0 radical (unpaired) electrons. The minimum absolute atomic E-state index is 0.368. The molecule has 2 fully saturated rings. The van der Waals surface area contributed by atoms with Gasteiger partial charge < -0.3 is 5.32 Å². The molecule has 15 heavy (non-hydrogen) atoms. The maximum absolute atomic E-state index is 13.2. The van der Waals surface area contributed by atoms with E-state index in [4.69, 9.17) is 0 Å². The lowest BCUT2D eigenvalue weighted by Crippen LogP contribution is -2.39. The Bertz CT molecular complexity index is 226. The molecule has 1 heterocycles. The van der Waals surface area contributed by atoms with Crippen LogP contribution in [0.3, 0.4) is 0 Å². The van der Waals surface area contributed by atoms with Crippen molar-refractivity contribution < 1.29 is 4.39 Å². The van der Waals surface area contributed by atoms with Crippen molar-refractivity contribution >= 4 is 11.8 Å². The van der Waals surface area contributed by atoms with Crippen LogP contribution in [-0.2, 0) is 0 Å². The maximum Gasteiger partial charge on any atom is 0.102 e. The summed E-state index contributed by atoms with van der Waals surface area (Å²) in [5, 5.41) is 4.82. The van der Waals surface area contributed by atoms with Gasteiger partial charge in [0, 0.05) is 11.3 Å². The molecule has 4 atom stereocenters. The Kier molecular flexibility index (Phi) is 3.32. The number of hydrogen-bond donors (Lipinski definition) is 1. The van der Waals surface area contributed by atoms with Gasteiger partial charge in [-0.2, -0.15) is 0 Å². The van der Waals surface area contributed by atoms with Crippen molar-refractivity contribution in [3.05, 3.63) is 0 Å². The van der Waals surface area contributed by atoms with Gasteiger partial charge in [-0.1, -0.05) is 20.8 Å². The minimum atomic E-state index is -0.562. The van der Waals surface area contributed by atoms with Crippen LogP contribution in [0.25, 0.3) is 0 Å². The quantitative estimate of drug-likeness (QED) is 0.743. The topological polar surface area (TPSA) is 12.0 Å². The molecule has 3 heteroatoms. The summed E-state index contributed by atoms with van der Waals surface area (Å²) in [5.74, 6) is 0. The summed E-state index contributed by atoms with van der Waals surface area (Å²) in [5.41, 5.74) is 0.368. The molecule has 2 aliphatic rings. The van der Waals surface area contributed by atoms with Crippen molar-refractivity contribution in [3.63, 3.8) is 0 Å². The number of nitrogens with one attached hydrogen (secondary N) is 1. The van der Waals surface area contributed by atoms with E-state index in [1.807, 2.05) is 11.8 Å². The molecule has 1 aliphatic heterocycles. The highest BCUT2D eigenvalue weighted by atomic mass is 32.2. The zero-order chi connectivity index (χ0) is 11.1. The minimum Gasteiger partial charge on any atom is -0.301 e. The van der Waals surface area contributed by atoms with Gasteiger partial charge in [0.25, 0.3) is 0 Å². The Hall–Kier alpha value is 0.240. The van der Waals surface area contributed by atoms with Gasteiger partial charge in [0.15, 0.2) is 0 Å². The molecular formula is C12H22FNS. The zero-order valence-electron chi connectivity index (χ0n) is 9.92. The lowest BCUT2D eigenvalue weighted by molar-refractivity contribution is 0.220. The second-order valence-electron chi connectivity index (χ2n) is 6.11. The monoisotopic (exact) mass is 231 g/mol. The second kappa shape index (κ2) is 4.25. The third kappa shape index (κ3) is 3.10.